The molecule has 0 radical (unpaired) electrons. The summed E-state index contributed by atoms with van der Waals surface area (Å²) in [6, 6.07) is 2.09. The second-order valence-electron chi connectivity index (χ2n) is 7.09. The van der Waals surface area contributed by atoms with Gasteiger partial charge in [-0.3, -0.25) is 4.79 Å². The maximum Gasteiger partial charge on any atom is 0.254 e. The van der Waals surface area contributed by atoms with Crippen LogP contribution in [0.5, 0.6) is 5.75 Å². The minimum Gasteiger partial charge on any atom is -0.491 e. The van der Waals surface area contributed by atoms with E-state index < -0.39 is 23.3 Å². The van der Waals surface area contributed by atoms with Gasteiger partial charge in [0.15, 0.2) is 17.4 Å². The van der Waals surface area contributed by atoms with Crippen molar-refractivity contribution >= 4 is 5.91 Å². The van der Waals surface area contributed by atoms with E-state index in [4.69, 9.17) is 0 Å². The van der Waals surface area contributed by atoms with E-state index in [1.54, 1.807) is 4.90 Å². The van der Waals surface area contributed by atoms with Gasteiger partial charge in [-0.25, -0.2) is 8.78 Å². The Balaban J connectivity index is 1.82. The van der Waals surface area contributed by atoms with E-state index in [9.17, 15) is 18.7 Å². The largest absolute Gasteiger partial charge is 0.491 e. The average Bonchev–Trinajstić information content (AvgIpc) is 2.61. The van der Waals surface area contributed by atoms with Crippen LogP contribution >= 0.6 is 0 Å². The quantitative estimate of drug-likeness (QED) is 0.901. The smallest absolute Gasteiger partial charge is 0.254 e. The first kappa shape index (κ1) is 18.1. The number of carbonyl (C=O) groups excluding carboxylic acids is 1. The number of hydrogen-bond donors (Lipinski definition) is 1. The molecule has 0 spiro atoms. The maximum absolute atomic E-state index is 13.9. The van der Waals surface area contributed by atoms with Gasteiger partial charge < -0.3 is 19.6 Å². The number of nitrogens with zero attached hydrogens (tertiary/aromatic N) is 2. The van der Waals surface area contributed by atoms with Crippen LogP contribution in [-0.4, -0.2) is 67.3 Å². The van der Waals surface area contributed by atoms with Crippen molar-refractivity contribution in [3.8, 4) is 5.75 Å². The molecule has 2 saturated heterocycles. The van der Waals surface area contributed by atoms with Gasteiger partial charge in [0.25, 0.3) is 5.91 Å². The summed E-state index contributed by atoms with van der Waals surface area (Å²) in [5.41, 5.74) is -0.217. The highest BCUT2D eigenvalue weighted by Gasteiger charge is 2.47. The van der Waals surface area contributed by atoms with Crippen LogP contribution < -0.4 is 4.74 Å². The summed E-state index contributed by atoms with van der Waals surface area (Å²) in [5, 5.41) is 9.92. The number of fused-ring (bicyclic) bond motifs is 1. The van der Waals surface area contributed by atoms with Gasteiger partial charge in [0.2, 0.25) is 0 Å². The van der Waals surface area contributed by atoms with Crippen LogP contribution in [0.25, 0.3) is 0 Å². The summed E-state index contributed by atoms with van der Waals surface area (Å²) in [6.45, 7) is 1.93. The summed E-state index contributed by atoms with van der Waals surface area (Å²) in [5.74, 6) is -2.66. The number of rotatable bonds is 3. The highest BCUT2D eigenvalue weighted by Crippen LogP contribution is 2.41. The normalized spacial score (nSPS) is 27.1. The molecule has 1 aromatic rings. The van der Waals surface area contributed by atoms with Gasteiger partial charge in [0.1, 0.15) is 0 Å². The van der Waals surface area contributed by atoms with Crippen molar-refractivity contribution in [2.24, 2.45) is 5.41 Å². The fourth-order valence-corrected chi connectivity index (χ4v) is 4.26. The van der Waals surface area contributed by atoms with Crippen molar-refractivity contribution in [3.05, 3.63) is 29.3 Å². The van der Waals surface area contributed by atoms with E-state index in [0.717, 1.165) is 31.5 Å². The molecule has 1 amide bonds. The molecule has 0 saturated carbocycles. The van der Waals surface area contributed by atoms with Gasteiger partial charge in [-0.05, 0) is 45.0 Å². The third-order valence-electron chi connectivity index (χ3n) is 5.75. The van der Waals surface area contributed by atoms with E-state index in [2.05, 4.69) is 9.64 Å². The number of aliphatic hydroxyl groups excluding tert-OH is 1. The number of likely N-dealkylation sites (tertiary alicyclic amines) is 2. The highest BCUT2D eigenvalue weighted by molar-refractivity contribution is 5.94. The van der Waals surface area contributed by atoms with Crippen molar-refractivity contribution in [3.63, 3.8) is 0 Å². The maximum atomic E-state index is 13.9. The fourth-order valence-electron chi connectivity index (χ4n) is 4.26. The molecule has 0 aliphatic carbocycles. The first-order valence-corrected chi connectivity index (χ1v) is 8.55. The van der Waals surface area contributed by atoms with E-state index >= 15 is 0 Å². The predicted octanol–water partition coefficient (Wildman–Crippen LogP) is 1.89. The number of carbonyl (C=O) groups is 1. The Morgan fingerprint density at radius 1 is 1.32 bits per heavy atom. The number of piperidine rings is 2. The van der Waals surface area contributed by atoms with Crippen LogP contribution in [-0.2, 0) is 0 Å². The lowest BCUT2D eigenvalue weighted by Crippen LogP contribution is -2.62. The second-order valence-corrected chi connectivity index (χ2v) is 7.09. The van der Waals surface area contributed by atoms with Crippen LogP contribution in [0.15, 0.2) is 12.1 Å². The lowest BCUT2D eigenvalue weighted by atomic mass is 9.69. The summed E-state index contributed by atoms with van der Waals surface area (Å²) in [7, 11) is 3.18. The van der Waals surface area contributed by atoms with Gasteiger partial charge in [-0.1, -0.05) is 0 Å². The molecule has 2 heterocycles. The van der Waals surface area contributed by atoms with E-state index in [-0.39, 0.29) is 23.6 Å². The van der Waals surface area contributed by atoms with Gasteiger partial charge in [-0.2, -0.15) is 0 Å². The first-order valence-electron chi connectivity index (χ1n) is 8.55. The molecule has 1 aromatic carbocycles. The summed E-state index contributed by atoms with van der Waals surface area (Å²) in [4.78, 5) is 16.5. The molecule has 138 valence electrons. The topological polar surface area (TPSA) is 53.0 Å². The molecule has 0 bridgehead atoms. The second kappa shape index (κ2) is 6.88. The molecule has 0 unspecified atom stereocenters. The summed E-state index contributed by atoms with van der Waals surface area (Å²) < 4.78 is 32.5. The number of amides is 1. The predicted molar refractivity (Wildman–Crippen MR) is 88.6 cm³/mol. The zero-order valence-electron chi connectivity index (χ0n) is 14.6. The molecular weight excluding hydrogens is 330 g/mol. The van der Waals surface area contributed by atoms with Crippen LogP contribution in [0.1, 0.15) is 29.6 Å². The molecule has 0 aromatic heterocycles. The third-order valence-corrected chi connectivity index (χ3v) is 5.75. The standard InChI is InChI=1S/C18H24F2N2O3/c1-21-6-3-4-18(11-23)5-7-22(10-15(18)21)17(24)12-8-13(19)16(25-2)14(20)9-12/h8-9,15,23H,3-7,10-11H2,1-2H3/t15-,18-/m1/s1. The molecular formula is C18H24F2N2O3. The van der Waals surface area contributed by atoms with Crippen molar-refractivity contribution in [2.45, 2.75) is 25.3 Å². The molecule has 2 atom stereocenters. The van der Waals surface area contributed by atoms with Gasteiger partial charge in [0, 0.05) is 30.1 Å². The Hall–Kier alpha value is -1.73. The van der Waals surface area contributed by atoms with Crippen molar-refractivity contribution in [1.29, 1.82) is 0 Å². The molecule has 25 heavy (non-hydrogen) atoms. The van der Waals surface area contributed by atoms with Crippen LogP contribution in [0, 0.1) is 17.0 Å². The van der Waals surface area contributed by atoms with Gasteiger partial charge >= 0.3 is 0 Å². The molecule has 2 fully saturated rings. The van der Waals surface area contributed by atoms with Crippen molar-refractivity contribution in [2.75, 3.05) is 40.4 Å². The lowest BCUT2D eigenvalue weighted by molar-refractivity contribution is -0.0601. The Kier molecular flexibility index (Phi) is 4.97. The van der Waals surface area contributed by atoms with Crippen molar-refractivity contribution in [1.82, 2.24) is 9.80 Å². The third kappa shape index (κ3) is 3.11. The number of halogens is 2. The summed E-state index contributed by atoms with van der Waals surface area (Å²) in [6.07, 6.45) is 2.65. The molecule has 2 aliphatic rings. The Morgan fingerprint density at radius 3 is 2.60 bits per heavy atom. The fraction of sp³-hybridized carbons (Fsp3) is 0.611. The minimum absolute atomic E-state index is 0.0224. The Morgan fingerprint density at radius 2 is 2.00 bits per heavy atom. The molecule has 3 rings (SSSR count). The SMILES string of the molecule is COc1c(F)cc(C(=O)N2CC[C@@]3(CO)CCCN(C)[C@@H]3C2)cc1F. The van der Waals surface area contributed by atoms with Gasteiger partial charge in [-0.15, -0.1) is 0 Å². The van der Waals surface area contributed by atoms with E-state index in [1.807, 2.05) is 7.05 Å². The first-order chi connectivity index (χ1) is 11.9. The van der Waals surface area contributed by atoms with Crippen LogP contribution in [0.2, 0.25) is 0 Å². The van der Waals surface area contributed by atoms with E-state index in [0.29, 0.717) is 19.5 Å². The molecule has 7 heteroatoms. The zero-order chi connectivity index (χ0) is 18.2. The molecule has 1 N–H and O–H groups in total. The Bertz CT molecular complexity index is 647. The number of likely N-dealkylation sites (N-methyl/N-ethyl adjacent to an activating group) is 1. The molecule has 5 nitrogen and oxygen atoms in total. The number of ether oxygens (including phenoxy) is 1. The Labute approximate surface area is 146 Å². The number of aliphatic hydroxyl groups is 1. The zero-order valence-corrected chi connectivity index (χ0v) is 14.6. The van der Waals surface area contributed by atoms with E-state index in [1.165, 1.54) is 7.11 Å². The minimum atomic E-state index is -0.887. The number of benzene rings is 1. The van der Waals surface area contributed by atoms with Crippen LogP contribution in [0.3, 0.4) is 0 Å². The average molecular weight is 354 g/mol. The molecule has 2 aliphatic heterocycles. The monoisotopic (exact) mass is 354 g/mol. The number of methoxy groups -OCH3 is 1. The van der Waals surface area contributed by atoms with Crippen LogP contribution in [0.4, 0.5) is 8.78 Å². The number of hydrogen-bond acceptors (Lipinski definition) is 4. The summed E-state index contributed by atoms with van der Waals surface area (Å²) >= 11 is 0. The highest BCUT2D eigenvalue weighted by atomic mass is 19.1. The van der Waals surface area contributed by atoms with Gasteiger partial charge in [0.05, 0.1) is 13.7 Å². The lowest BCUT2D eigenvalue weighted by Gasteiger charge is -2.53. The van der Waals surface area contributed by atoms with Crippen molar-refractivity contribution < 1.29 is 23.4 Å².